The number of hydrogen-bond acceptors (Lipinski definition) is 2. The van der Waals surface area contributed by atoms with Crippen LogP contribution in [0.15, 0.2) is 42.5 Å². The van der Waals surface area contributed by atoms with Gasteiger partial charge in [-0.1, -0.05) is 23.4 Å². The normalized spacial score (nSPS) is 9.67. The highest BCUT2D eigenvalue weighted by molar-refractivity contribution is 6.31. The zero-order valence-corrected chi connectivity index (χ0v) is 11.6. The molecule has 0 radical (unpaired) electrons. The molecule has 0 saturated carbocycles. The Balaban J connectivity index is 2.27. The van der Waals surface area contributed by atoms with Gasteiger partial charge in [-0.05, 0) is 42.5 Å². The molecule has 5 heteroatoms. The zero-order chi connectivity index (χ0) is 15.2. The highest BCUT2D eigenvalue weighted by Crippen LogP contribution is 2.21. The first kappa shape index (κ1) is 15.0. The predicted octanol–water partition coefficient (Wildman–Crippen LogP) is 3.08. The van der Waals surface area contributed by atoms with E-state index < -0.39 is 11.7 Å². The van der Waals surface area contributed by atoms with Crippen molar-refractivity contribution in [3.05, 3.63) is 64.4 Å². The molecule has 0 fully saturated rings. The van der Waals surface area contributed by atoms with Crippen molar-refractivity contribution in [1.82, 2.24) is 0 Å². The number of halogens is 2. The summed E-state index contributed by atoms with van der Waals surface area (Å²) < 4.78 is 12.8. The summed E-state index contributed by atoms with van der Waals surface area (Å²) in [6.45, 7) is -0.284. The first-order valence-corrected chi connectivity index (χ1v) is 6.44. The Morgan fingerprint density at radius 3 is 2.62 bits per heavy atom. The number of amides is 1. The largest absolute Gasteiger partial charge is 0.384 e. The first-order chi connectivity index (χ1) is 10.1. The molecule has 0 aliphatic rings. The van der Waals surface area contributed by atoms with Gasteiger partial charge in [0.2, 0.25) is 0 Å². The minimum Gasteiger partial charge on any atom is -0.384 e. The number of anilines is 1. The summed E-state index contributed by atoms with van der Waals surface area (Å²) in [5.41, 5.74) is 1.28. The van der Waals surface area contributed by atoms with E-state index in [-0.39, 0.29) is 6.61 Å². The van der Waals surface area contributed by atoms with Gasteiger partial charge in [-0.15, -0.1) is 0 Å². The van der Waals surface area contributed by atoms with E-state index in [1.807, 2.05) is 0 Å². The molecule has 0 saturated heterocycles. The van der Waals surface area contributed by atoms with Crippen molar-refractivity contribution >= 4 is 23.2 Å². The van der Waals surface area contributed by atoms with E-state index >= 15 is 0 Å². The predicted molar refractivity (Wildman–Crippen MR) is 79.8 cm³/mol. The number of rotatable bonds is 2. The maximum absolute atomic E-state index is 12.8. The van der Waals surface area contributed by atoms with E-state index in [1.165, 1.54) is 24.3 Å². The van der Waals surface area contributed by atoms with Crippen LogP contribution in [0.3, 0.4) is 0 Å². The van der Waals surface area contributed by atoms with Crippen LogP contribution in [-0.4, -0.2) is 17.6 Å². The second-order valence-electron chi connectivity index (χ2n) is 4.11. The van der Waals surface area contributed by atoms with E-state index in [4.69, 9.17) is 16.7 Å². The molecule has 2 N–H and O–H groups in total. The molecule has 2 aromatic rings. The van der Waals surface area contributed by atoms with Gasteiger partial charge in [0.25, 0.3) is 5.91 Å². The number of nitrogens with one attached hydrogen (secondary N) is 1. The van der Waals surface area contributed by atoms with Crippen molar-refractivity contribution in [1.29, 1.82) is 0 Å². The van der Waals surface area contributed by atoms with E-state index in [0.717, 1.165) is 0 Å². The lowest BCUT2D eigenvalue weighted by molar-refractivity contribution is 0.102. The maximum Gasteiger partial charge on any atom is 0.255 e. The van der Waals surface area contributed by atoms with Crippen molar-refractivity contribution in [3.8, 4) is 11.8 Å². The number of carbonyl (C=O) groups excluding carboxylic acids is 1. The Bertz CT molecular complexity index is 717. The number of hydrogen-bond donors (Lipinski definition) is 2. The van der Waals surface area contributed by atoms with Crippen molar-refractivity contribution in [2.24, 2.45) is 0 Å². The van der Waals surface area contributed by atoms with Crippen LogP contribution in [0.4, 0.5) is 10.1 Å². The van der Waals surface area contributed by atoms with Gasteiger partial charge in [0.05, 0.1) is 5.69 Å². The molecule has 0 bridgehead atoms. The lowest BCUT2D eigenvalue weighted by atomic mass is 10.1. The summed E-state index contributed by atoms with van der Waals surface area (Å²) in [6, 6.07) is 10.0. The van der Waals surface area contributed by atoms with Crippen molar-refractivity contribution < 1.29 is 14.3 Å². The van der Waals surface area contributed by atoms with Crippen LogP contribution in [0.1, 0.15) is 15.9 Å². The quantitative estimate of drug-likeness (QED) is 0.838. The van der Waals surface area contributed by atoms with Crippen molar-refractivity contribution in [3.63, 3.8) is 0 Å². The summed E-state index contributed by atoms with van der Waals surface area (Å²) in [7, 11) is 0. The number of aliphatic hydroxyl groups excluding tert-OH is 1. The van der Waals surface area contributed by atoms with Crippen molar-refractivity contribution in [2.45, 2.75) is 0 Å². The Kier molecular flexibility index (Phi) is 4.94. The van der Waals surface area contributed by atoms with Crippen LogP contribution in [0.2, 0.25) is 5.02 Å². The average Bonchev–Trinajstić information content (AvgIpc) is 2.47. The van der Waals surface area contributed by atoms with E-state index in [0.29, 0.717) is 21.8 Å². The maximum atomic E-state index is 12.8. The van der Waals surface area contributed by atoms with Crippen LogP contribution >= 0.6 is 11.6 Å². The molecule has 21 heavy (non-hydrogen) atoms. The highest BCUT2D eigenvalue weighted by atomic mass is 35.5. The van der Waals surface area contributed by atoms with Gasteiger partial charge in [0.15, 0.2) is 0 Å². The van der Waals surface area contributed by atoms with Crippen LogP contribution in [-0.2, 0) is 0 Å². The average molecular weight is 304 g/mol. The molecular formula is C16H11ClFNO2. The molecule has 0 spiro atoms. The van der Waals surface area contributed by atoms with E-state index in [9.17, 15) is 9.18 Å². The third-order valence-corrected chi connectivity index (χ3v) is 2.87. The minimum atomic E-state index is -0.413. The zero-order valence-electron chi connectivity index (χ0n) is 10.9. The lowest BCUT2D eigenvalue weighted by Crippen LogP contribution is -2.12. The molecule has 1 amide bonds. The third kappa shape index (κ3) is 4.06. The second-order valence-corrected chi connectivity index (χ2v) is 4.55. The summed E-state index contributed by atoms with van der Waals surface area (Å²) >= 11 is 5.90. The van der Waals surface area contributed by atoms with Gasteiger partial charge in [-0.2, -0.15) is 0 Å². The number of benzene rings is 2. The Morgan fingerprint density at radius 1 is 1.24 bits per heavy atom. The molecule has 106 valence electrons. The van der Waals surface area contributed by atoms with Gasteiger partial charge in [0, 0.05) is 16.1 Å². The first-order valence-electron chi connectivity index (χ1n) is 6.06. The molecule has 0 aliphatic heterocycles. The van der Waals surface area contributed by atoms with Crippen LogP contribution in [0.25, 0.3) is 0 Å². The monoisotopic (exact) mass is 303 g/mol. The fraction of sp³-hybridized carbons (Fsp3) is 0.0625. The SMILES string of the molecule is O=C(Nc1cc(Cl)ccc1C#CCO)c1ccc(F)cc1. The standard InChI is InChI=1S/C16H11ClFNO2/c17-13-6-3-11(2-1-9-20)15(10-13)19-16(21)12-4-7-14(18)8-5-12/h3-8,10,20H,9H2,(H,19,21). The van der Waals surface area contributed by atoms with Crippen molar-refractivity contribution in [2.75, 3.05) is 11.9 Å². The summed E-state index contributed by atoms with van der Waals surface area (Å²) in [5, 5.41) is 11.8. The molecule has 3 nitrogen and oxygen atoms in total. The number of aliphatic hydroxyl groups is 1. The van der Waals surface area contributed by atoms with Gasteiger partial charge < -0.3 is 10.4 Å². The van der Waals surface area contributed by atoms with E-state index in [1.54, 1.807) is 18.2 Å². The molecule has 0 heterocycles. The minimum absolute atomic E-state index is 0.284. The third-order valence-electron chi connectivity index (χ3n) is 2.64. The molecule has 0 aliphatic carbocycles. The molecule has 0 aromatic heterocycles. The van der Waals surface area contributed by atoms with Gasteiger partial charge in [-0.3, -0.25) is 4.79 Å². The number of carbonyl (C=O) groups is 1. The van der Waals surface area contributed by atoms with Gasteiger partial charge in [0.1, 0.15) is 12.4 Å². The van der Waals surface area contributed by atoms with E-state index in [2.05, 4.69) is 17.2 Å². The summed E-state index contributed by atoms with van der Waals surface area (Å²) in [5.74, 6) is 4.42. The van der Waals surface area contributed by atoms with Crippen LogP contribution in [0.5, 0.6) is 0 Å². The van der Waals surface area contributed by atoms with Gasteiger partial charge >= 0.3 is 0 Å². The molecule has 0 unspecified atom stereocenters. The van der Waals surface area contributed by atoms with Crippen LogP contribution in [0, 0.1) is 17.7 Å². The second kappa shape index (κ2) is 6.89. The smallest absolute Gasteiger partial charge is 0.255 e. The fourth-order valence-electron chi connectivity index (χ4n) is 1.66. The summed E-state index contributed by atoms with van der Waals surface area (Å²) in [6.07, 6.45) is 0. The lowest BCUT2D eigenvalue weighted by Gasteiger charge is -2.08. The van der Waals surface area contributed by atoms with Crippen LogP contribution < -0.4 is 5.32 Å². The van der Waals surface area contributed by atoms with Gasteiger partial charge in [-0.25, -0.2) is 4.39 Å². The molecular weight excluding hydrogens is 293 g/mol. The topological polar surface area (TPSA) is 49.3 Å². The molecule has 0 atom stereocenters. The Labute approximate surface area is 126 Å². The highest BCUT2D eigenvalue weighted by Gasteiger charge is 2.09. The molecule has 2 rings (SSSR count). The summed E-state index contributed by atoms with van der Waals surface area (Å²) in [4.78, 5) is 12.1. The fourth-order valence-corrected chi connectivity index (χ4v) is 1.83. The molecule has 2 aromatic carbocycles. The Morgan fingerprint density at radius 2 is 1.95 bits per heavy atom. The Hall–Kier alpha value is -2.35.